The van der Waals surface area contributed by atoms with Crippen LogP contribution in [-0.4, -0.2) is 18.7 Å². The molecular formula is C7H16N2O. The van der Waals surface area contributed by atoms with Gasteiger partial charge < -0.3 is 4.74 Å². The third-order valence-corrected chi connectivity index (χ3v) is 1.16. The van der Waals surface area contributed by atoms with Crippen molar-refractivity contribution in [3.63, 3.8) is 0 Å². The average Bonchev–Trinajstić information content (AvgIpc) is 1.88. The normalized spacial score (nSPS) is 9.10. The minimum Gasteiger partial charge on any atom is -0.479 e. The second-order valence-corrected chi connectivity index (χ2v) is 2.21. The molecule has 0 bridgehead atoms. The maximum atomic E-state index is 5.33. The van der Waals surface area contributed by atoms with Crippen molar-refractivity contribution >= 4 is 0 Å². The molecule has 0 saturated carbocycles. The number of ether oxygens (including phenoxy) is 1. The van der Waals surface area contributed by atoms with E-state index in [0.29, 0.717) is 12.5 Å². The highest BCUT2D eigenvalue weighted by atomic mass is 16.5. The van der Waals surface area contributed by atoms with Gasteiger partial charge in [0.05, 0.1) is 6.61 Å². The van der Waals surface area contributed by atoms with E-state index in [-0.39, 0.29) is 0 Å². The van der Waals surface area contributed by atoms with Crippen LogP contribution in [0.4, 0.5) is 0 Å². The summed E-state index contributed by atoms with van der Waals surface area (Å²) in [6.45, 7) is 6.42. The molecule has 3 heteroatoms. The highest BCUT2D eigenvalue weighted by Gasteiger charge is 1.94. The summed E-state index contributed by atoms with van der Waals surface area (Å²) in [4.78, 5) is 0. The summed E-state index contributed by atoms with van der Waals surface area (Å²) in [6.07, 6.45) is 2.18. The van der Waals surface area contributed by atoms with Crippen molar-refractivity contribution in [2.24, 2.45) is 5.84 Å². The molecule has 0 atom stereocenters. The molecule has 60 valence electrons. The summed E-state index contributed by atoms with van der Waals surface area (Å²) in [6, 6.07) is 0. The van der Waals surface area contributed by atoms with Gasteiger partial charge in [0.2, 0.25) is 0 Å². The summed E-state index contributed by atoms with van der Waals surface area (Å²) >= 11 is 0. The van der Waals surface area contributed by atoms with Crippen molar-refractivity contribution in [2.45, 2.75) is 19.8 Å². The zero-order chi connectivity index (χ0) is 7.98. The number of hydrazine groups is 1. The van der Waals surface area contributed by atoms with Crippen LogP contribution in [0.25, 0.3) is 0 Å². The van der Waals surface area contributed by atoms with E-state index in [1.54, 1.807) is 7.05 Å². The van der Waals surface area contributed by atoms with E-state index in [0.717, 1.165) is 12.8 Å². The van der Waals surface area contributed by atoms with E-state index in [9.17, 15) is 0 Å². The second-order valence-electron chi connectivity index (χ2n) is 2.21. The van der Waals surface area contributed by atoms with Gasteiger partial charge in [0.25, 0.3) is 0 Å². The lowest BCUT2D eigenvalue weighted by Crippen LogP contribution is -2.26. The highest BCUT2D eigenvalue weighted by molar-refractivity contribution is 4.76. The van der Waals surface area contributed by atoms with E-state index in [1.165, 1.54) is 5.01 Å². The molecule has 10 heavy (non-hydrogen) atoms. The molecule has 0 radical (unpaired) electrons. The SMILES string of the molecule is C=C(OCCCC)N(C)N. The van der Waals surface area contributed by atoms with Crippen LogP contribution in [0.2, 0.25) is 0 Å². The molecule has 0 aromatic carbocycles. The lowest BCUT2D eigenvalue weighted by molar-refractivity contribution is 0.127. The van der Waals surface area contributed by atoms with Gasteiger partial charge >= 0.3 is 0 Å². The molecule has 0 aromatic heterocycles. The average molecular weight is 144 g/mol. The Balaban J connectivity index is 3.22. The Bertz CT molecular complexity index is 102. The quantitative estimate of drug-likeness (QED) is 0.271. The number of nitrogens with two attached hydrogens (primary N) is 1. The van der Waals surface area contributed by atoms with Crippen LogP contribution in [0.15, 0.2) is 12.5 Å². The summed E-state index contributed by atoms with van der Waals surface area (Å²) < 4.78 is 5.15. The van der Waals surface area contributed by atoms with Crippen LogP contribution in [0.3, 0.4) is 0 Å². The maximum absolute atomic E-state index is 5.33. The van der Waals surface area contributed by atoms with E-state index in [2.05, 4.69) is 13.5 Å². The first-order valence-corrected chi connectivity index (χ1v) is 3.48. The predicted molar refractivity (Wildman–Crippen MR) is 42.0 cm³/mol. The molecule has 0 aliphatic heterocycles. The Labute approximate surface area is 62.4 Å². The van der Waals surface area contributed by atoms with Crippen LogP contribution in [0.1, 0.15) is 19.8 Å². The first-order valence-electron chi connectivity index (χ1n) is 3.48. The Hall–Kier alpha value is -0.700. The molecule has 0 aliphatic rings. The predicted octanol–water partition coefficient (Wildman–Crippen LogP) is 1.08. The minimum atomic E-state index is 0.522. The van der Waals surface area contributed by atoms with Crippen LogP contribution in [0, 0.1) is 0 Å². The van der Waals surface area contributed by atoms with Gasteiger partial charge in [0.1, 0.15) is 0 Å². The molecular weight excluding hydrogens is 128 g/mol. The van der Waals surface area contributed by atoms with Gasteiger partial charge in [-0.15, -0.1) is 0 Å². The maximum Gasteiger partial charge on any atom is 0.195 e. The fraction of sp³-hybridized carbons (Fsp3) is 0.714. The molecule has 0 spiro atoms. The zero-order valence-corrected chi connectivity index (χ0v) is 6.76. The Morgan fingerprint density at radius 1 is 1.70 bits per heavy atom. The van der Waals surface area contributed by atoms with Gasteiger partial charge in [-0.1, -0.05) is 13.3 Å². The summed E-state index contributed by atoms with van der Waals surface area (Å²) in [5, 5.41) is 1.37. The van der Waals surface area contributed by atoms with Crippen LogP contribution in [0.5, 0.6) is 0 Å². The molecule has 0 unspecified atom stereocenters. The molecule has 0 heterocycles. The number of nitrogens with zero attached hydrogens (tertiary/aromatic N) is 1. The Kier molecular flexibility index (Phi) is 4.76. The second kappa shape index (κ2) is 5.11. The van der Waals surface area contributed by atoms with E-state index in [1.807, 2.05) is 0 Å². The van der Waals surface area contributed by atoms with Gasteiger partial charge in [-0.25, -0.2) is 5.84 Å². The highest BCUT2D eigenvalue weighted by Crippen LogP contribution is 1.96. The van der Waals surface area contributed by atoms with Gasteiger partial charge in [-0.3, -0.25) is 5.01 Å². The number of hydrogen-bond donors (Lipinski definition) is 1. The van der Waals surface area contributed by atoms with Crippen molar-refractivity contribution in [1.29, 1.82) is 0 Å². The van der Waals surface area contributed by atoms with Crippen LogP contribution < -0.4 is 5.84 Å². The van der Waals surface area contributed by atoms with Gasteiger partial charge in [-0.05, 0) is 13.0 Å². The molecule has 0 aromatic rings. The number of rotatable bonds is 5. The molecule has 0 amide bonds. The van der Waals surface area contributed by atoms with E-state index < -0.39 is 0 Å². The molecule has 2 N–H and O–H groups in total. The summed E-state index contributed by atoms with van der Waals surface area (Å²) in [7, 11) is 1.70. The molecule has 0 saturated heterocycles. The first kappa shape index (κ1) is 9.30. The summed E-state index contributed by atoms with van der Waals surface area (Å²) in [5.74, 6) is 5.85. The molecule has 0 rings (SSSR count). The van der Waals surface area contributed by atoms with Crippen LogP contribution in [-0.2, 0) is 4.74 Å². The van der Waals surface area contributed by atoms with Gasteiger partial charge in [0, 0.05) is 7.05 Å². The first-order chi connectivity index (χ1) is 4.68. The zero-order valence-electron chi connectivity index (χ0n) is 6.76. The number of hydrogen-bond acceptors (Lipinski definition) is 3. The molecule has 0 fully saturated rings. The smallest absolute Gasteiger partial charge is 0.195 e. The largest absolute Gasteiger partial charge is 0.479 e. The molecule has 0 aliphatic carbocycles. The van der Waals surface area contributed by atoms with Gasteiger partial charge in [0.15, 0.2) is 5.88 Å². The monoisotopic (exact) mass is 144 g/mol. The van der Waals surface area contributed by atoms with Gasteiger partial charge in [-0.2, -0.15) is 0 Å². The third-order valence-electron chi connectivity index (χ3n) is 1.16. The fourth-order valence-corrected chi connectivity index (χ4v) is 0.436. The standard InChI is InChI=1S/C7H16N2O/c1-4-5-6-10-7(2)9(3)8/h2,4-6,8H2,1,3H3. The third kappa shape index (κ3) is 4.21. The fourth-order valence-electron chi connectivity index (χ4n) is 0.436. The van der Waals surface area contributed by atoms with Crippen molar-refractivity contribution in [2.75, 3.05) is 13.7 Å². The lowest BCUT2D eigenvalue weighted by Gasteiger charge is -2.15. The van der Waals surface area contributed by atoms with Crippen molar-refractivity contribution < 1.29 is 4.74 Å². The number of unbranched alkanes of at least 4 members (excludes halogenated alkanes) is 1. The minimum absolute atomic E-state index is 0.522. The Morgan fingerprint density at radius 3 is 2.70 bits per heavy atom. The summed E-state index contributed by atoms with van der Waals surface area (Å²) in [5.41, 5.74) is 0. The van der Waals surface area contributed by atoms with Crippen molar-refractivity contribution in [3.8, 4) is 0 Å². The lowest BCUT2D eigenvalue weighted by atomic mass is 10.4. The molecule has 3 nitrogen and oxygen atoms in total. The van der Waals surface area contributed by atoms with Crippen LogP contribution >= 0.6 is 0 Å². The topological polar surface area (TPSA) is 38.5 Å². The Morgan fingerprint density at radius 2 is 2.30 bits per heavy atom. The van der Waals surface area contributed by atoms with E-state index in [4.69, 9.17) is 10.6 Å². The van der Waals surface area contributed by atoms with Crippen molar-refractivity contribution in [3.05, 3.63) is 12.5 Å². The van der Waals surface area contributed by atoms with Crippen molar-refractivity contribution in [1.82, 2.24) is 5.01 Å². The van der Waals surface area contributed by atoms with E-state index >= 15 is 0 Å².